The van der Waals surface area contributed by atoms with Crippen molar-refractivity contribution in [2.75, 3.05) is 24.7 Å². The molecule has 0 radical (unpaired) electrons. The molecule has 17 heavy (non-hydrogen) atoms. The monoisotopic (exact) mass is 234 g/mol. The number of nitrogen functional groups attached to an aromatic ring is 1. The van der Waals surface area contributed by atoms with E-state index in [1.807, 2.05) is 18.2 Å². The predicted octanol–water partition coefficient (Wildman–Crippen LogP) is 3.13. The first-order valence-corrected chi connectivity index (χ1v) is 6.25. The highest BCUT2D eigenvalue weighted by atomic mass is 16.5. The van der Waals surface area contributed by atoms with Crippen molar-refractivity contribution in [2.24, 2.45) is 11.3 Å². The van der Waals surface area contributed by atoms with Gasteiger partial charge in [0.1, 0.15) is 5.75 Å². The van der Waals surface area contributed by atoms with Gasteiger partial charge in [0.2, 0.25) is 0 Å². The van der Waals surface area contributed by atoms with Crippen molar-refractivity contribution in [3.63, 3.8) is 0 Å². The molecule has 1 aromatic carbocycles. The van der Waals surface area contributed by atoms with E-state index in [9.17, 15) is 0 Å². The Morgan fingerprint density at radius 3 is 2.59 bits per heavy atom. The second kappa shape index (κ2) is 4.47. The fourth-order valence-electron chi connectivity index (χ4n) is 2.22. The highest BCUT2D eigenvalue weighted by molar-refractivity contribution is 5.68. The van der Waals surface area contributed by atoms with Gasteiger partial charge in [0.05, 0.1) is 18.5 Å². The number of methoxy groups -OCH3 is 1. The molecule has 0 amide bonds. The van der Waals surface area contributed by atoms with Gasteiger partial charge >= 0.3 is 0 Å². The Morgan fingerprint density at radius 2 is 2.12 bits per heavy atom. The number of hydrogen-bond donors (Lipinski definition) is 2. The summed E-state index contributed by atoms with van der Waals surface area (Å²) in [5, 5.41) is 3.47. The van der Waals surface area contributed by atoms with Crippen LogP contribution in [0.3, 0.4) is 0 Å². The molecule has 1 saturated carbocycles. The van der Waals surface area contributed by atoms with Gasteiger partial charge in [0.25, 0.3) is 0 Å². The molecule has 3 nitrogen and oxygen atoms in total. The maximum atomic E-state index is 5.98. The zero-order valence-corrected chi connectivity index (χ0v) is 10.9. The van der Waals surface area contributed by atoms with Gasteiger partial charge in [-0.15, -0.1) is 0 Å². The largest absolute Gasteiger partial charge is 0.497 e. The minimum Gasteiger partial charge on any atom is -0.497 e. The third kappa shape index (κ3) is 2.48. The number of rotatable bonds is 5. The van der Waals surface area contributed by atoms with E-state index in [2.05, 4.69) is 19.2 Å². The molecule has 1 aliphatic carbocycles. The summed E-state index contributed by atoms with van der Waals surface area (Å²) in [6.07, 6.45) is 2.65. The van der Waals surface area contributed by atoms with Crippen molar-refractivity contribution in [2.45, 2.75) is 26.7 Å². The van der Waals surface area contributed by atoms with Crippen LogP contribution in [0.2, 0.25) is 0 Å². The van der Waals surface area contributed by atoms with Gasteiger partial charge < -0.3 is 15.8 Å². The smallest absolute Gasteiger partial charge is 0.121 e. The van der Waals surface area contributed by atoms with E-state index in [4.69, 9.17) is 10.5 Å². The molecular formula is C14H22N2O. The lowest BCUT2D eigenvalue weighted by molar-refractivity contribution is 0.380. The van der Waals surface area contributed by atoms with E-state index in [1.54, 1.807) is 7.11 Å². The third-order valence-corrected chi connectivity index (χ3v) is 4.01. The zero-order chi connectivity index (χ0) is 12.5. The Hall–Kier alpha value is -1.38. The van der Waals surface area contributed by atoms with Crippen molar-refractivity contribution in [3.05, 3.63) is 18.2 Å². The van der Waals surface area contributed by atoms with E-state index in [0.29, 0.717) is 5.41 Å². The van der Waals surface area contributed by atoms with Crippen molar-refractivity contribution >= 4 is 11.4 Å². The van der Waals surface area contributed by atoms with E-state index in [1.165, 1.54) is 12.8 Å². The number of nitrogens with one attached hydrogen (secondary N) is 1. The number of anilines is 2. The van der Waals surface area contributed by atoms with Crippen molar-refractivity contribution in [1.29, 1.82) is 0 Å². The first-order chi connectivity index (χ1) is 8.07. The molecule has 0 bridgehead atoms. The van der Waals surface area contributed by atoms with E-state index >= 15 is 0 Å². The molecule has 1 aromatic rings. The summed E-state index contributed by atoms with van der Waals surface area (Å²) in [5.41, 5.74) is 8.24. The van der Waals surface area contributed by atoms with Crippen LogP contribution in [0.4, 0.5) is 11.4 Å². The Morgan fingerprint density at radius 1 is 1.41 bits per heavy atom. The Bertz CT molecular complexity index is 397. The summed E-state index contributed by atoms with van der Waals surface area (Å²) >= 11 is 0. The molecule has 94 valence electrons. The quantitative estimate of drug-likeness (QED) is 0.769. The average molecular weight is 234 g/mol. The fraction of sp³-hybridized carbons (Fsp3) is 0.571. The molecule has 2 rings (SSSR count). The summed E-state index contributed by atoms with van der Waals surface area (Å²) in [6.45, 7) is 5.61. The summed E-state index contributed by atoms with van der Waals surface area (Å²) < 4.78 is 5.14. The SMILES string of the molecule is COc1ccc(NCC2(C(C)C)CC2)c(N)c1. The molecule has 0 unspecified atom stereocenters. The topological polar surface area (TPSA) is 47.3 Å². The van der Waals surface area contributed by atoms with Crippen LogP contribution in [-0.2, 0) is 0 Å². The van der Waals surface area contributed by atoms with Crippen LogP contribution in [-0.4, -0.2) is 13.7 Å². The van der Waals surface area contributed by atoms with Gasteiger partial charge in [-0.3, -0.25) is 0 Å². The molecule has 3 heteroatoms. The minimum absolute atomic E-state index is 0.492. The van der Waals surface area contributed by atoms with Gasteiger partial charge in [0, 0.05) is 12.6 Å². The van der Waals surface area contributed by atoms with Gasteiger partial charge in [-0.1, -0.05) is 13.8 Å². The second-order valence-electron chi connectivity index (χ2n) is 5.32. The minimum atomic E-state index is 0.492. The number of benzene rings is 1. The Balaban J connectivity index is 2.00. The molecule has 3 N–H and O–H groups in total. The van der Waals surface area contributed by atoms with Crippen LogP contribution in [0.1, 0.15) is 26.7 Å². The molecule has 0 aromatic heterocycles. The zero-order valence-electron chi connectivity index (χ0n) is 10.9. The first-order valence-electron chi connectivity index (χ1n) is 6.25. The maximum absolute atomic E-state index is 5.98. The molecule has 0 atom stereocenters. The van der Waals surface area contributed by atoms with Crippen molar-refractivity contribution in [3.8, 4) is 5.75 Å². The summed E-state index contributed by atoms with van der Waals surface area (Å²) in [7, 11) is 1.65. The number of nitrogens with two attached hydrogens (primary N) is 1. The van der Waals surface area contributed by atoms with Crippen molar-refractivity contribution < 1.29 is 4.74 Å². The molecule has 0 aliphatic heterocycles. The molecule has 0 heterocycles. The van der Waals surface area contributed by atoms with Gasteiger partial charge in [0.15, 0.2) is 0 Å². The lowest BCUT2D eigenvalue weighted by atomic mass is 9.92. The van der Waals surface area contributed by atoms with Crippen LogP contribution < -0.4 is 15.8 Å². The van der Waals surface area contributed by atoms with E-state index in [0.717, 1.165) is 29.6 Å². The number of ether oxygens (including phenoxy) is 1. The van der Waals surface area contributed by atoms with E-state index in [-0.39, 0.29) is 0 Å². The van der Waals surface area contributed by atoms with E-state index < -0.39 is 0 Å². The Labute approximate surface area is 103 Å². The lowest BCUT2D eigenvalue weighted by Gasteiger charge is -2.21. The first kappa shape index (κ1) is 12.1. The summed E-state index contributed by atoms with van der Waals surface area (Å²) in [4.78, 5) is 0. The molecular weight excluding hydrogens is 212 g/mol. The van der Waals surface area contributed by atoms with Crippen molar-refractivity contribution in [1.82, 2.24) is 0 Å². The number of hydrogen-bond acceptors (Lipinski definition) is 3. The second-order valence-corrected chi connectivity index (χ2v) is 5.32. The van der Waals surface area contributed by atoms with Crippen LogP contribution in [0.5, 0.6) is 5.75 Å². The molecule has 1 aliphatic rings. The van der Waals surface area contributed by atoms with Gasteiger partial charge in [-0.05, 0) is 36.3 Å². The Kier molecular flexibility index (Phi) is 3.18. The van der Waals surface area contributed by atoms with Gasteiger partial charge in [-0.25, -0.2) is 0 Å². The molecule has 0 saturated heterocycles. The van der Waals surface area contributed by atoms with Gasteiger partial charge in [-0.2, -0.15) is 0 Å². The molecule has 0 spiro atoms. The van der Waals surface area contributed by atoms with Crippen LogP contribution in [0, 0.1) is 11.3 Å². The standard InChI is InChI=1S/C14H22N2O/c1-10(2)14(6-7-14)9-16-13-5-4-11(17-3)8-12(13)15/h4-5,8,10,16H,6-7,9,15H2,1-3H3. The highest BCUT2D eigenvalue weighted by Crippen LogP contribution is 2.51. The lowest BCUT2D eigenvalue weighted by Crippen LogP contribution is -2.21. The average Bonchev–Trinajstić information content (AvgIpc) is 3.08. The van der Waals surface area contributed by atoms with Crippen LogP contribution in [0.15, 0.2) is 18.2 Å². The summed E-state index contributed by atoms with van der Waals surface area (Å²) in [6, 6.07) is 5.79. The predicted molar refractivity (Wildman–Crippen MR) is 72.4 cm³/mol. The fourth-order valence-corrected chi connectivity index (χ4v) is 2.22. The van der Waals surface area contributed by atoms with Crippen LogP contribution >= 0.6 is 0 Å². The maximum Gasteiger partial charge on any atom is 0.121 e. The normalized spacial score (nSPS) is 16.9. The summed E-state index contributed by atoms with van der Waals surface area (Å²) in [5.74, 6) is 1.53. The highest BCUT2D eigenvalue weighted by Gasteiger charge is 2.44. The third-order valence-electron chi connectivity index (χ3n) is 4.01. The van der Waals surface area contributed by atoms with Crippen LogP contribution in [0.25, 0.3) is 0 Å². The molecule has 1 fully saturated rings.